The van der Waals surface area contributed by atoms with Gasteiger partial charge < -0.3 is 19.9 Å². The van der Waals surface area contributed by atoms with Crippen LogP contribution in [0.2, 0.25) is 0 Å². The molecule has 0 atom stereocenters. The van der Waals surface area contributed by atoms with Crippen LogP contribution in [0.4, 0.5) is 10.5 Å². The molecule has 1 aromatic carbocycles. The van der Waals surface area contributed by atoms with Crippen molar-refractivity contribution in [3.05, 3.63) is 35.9 Å². The van der Waals surface area contributed by atoms with E-state index in [2.05, 4.69) is 25.4 Å². The number of urea groups is 1. The van der Waals surface area contributed by atoms with Crippen LogP contribution in [0.1, 0.15) is 25.0 Å². The van der Waals surface area contributed by atoms with Crippen LogP contribution < -0.4 is 15.4 Å². The summed E-state index contributed by atoms with van der Waals surface area (Å²) >= 11 is 0. The van der Waals surface area contributed by atoms with Crippen LogP contribution in [-0.2, 0) is 19.5 Å². The number of aryl methyl sites for hydroxylation is 1. The summed E-state index contributed by atoms with van der Waals surface area (Å²) in [5.74, 6) is 2.53. The van der Waals surface area contributed by atoms with Crippen LogP contribution >= 0.6 is 0 Å². The molecule has 2 heterocycles. The van der Waals surface area contributed by atoms with Gasteiger partial charge in [-0.05, 0) is 25.5 Å². The van der Waals surface area contributed by atoms with E-state index < -0.39 is 0 Å². The zero-order valence-electron chi connectivity index (χ0n) is 12.5. The summed E-state index contributed by atoms with van der Waals surface area (Å²) in [6, 6.07) is 7.02. The second kappa shape index (κ2) is 6.46. The van der Waals surface area contributed by atoms with Crippen LogP contribution in [-0.4, -0.2) is 27.4 Å². The third-order valence-corrected chi connectivity index (χ3v) is 3.50. The first-order valence-corrected chi connectivity index (χ1v) is 7.45. The predicted octanol–water partition coefficient (Wildman–Crippen LogP) is 1.94. The van der Waals surface area contributed by atoms with Gasteiger partial charge in [-0.15, -0.1) is 10.2 Å². The van der Waals surface area contributed by atoms with Crippen molar-refractivity contribution >= 4 is 11.7 Å². The van der Waals surface area contributed by atoms with Crippen LogP contribution in [0.25, 0.3) is 0 Å². The molecule has 1 aliphatic rings. The molecule has 0 aliphatic carbocycles. The van der Waals surface area contributed by atoms with Gasteiger partial charge in [0.15, 0.2) is 5.82 Å². The molecule has 22 heavy (non-hydrogen) atoms. The molecule has 0 bridgehead atoms. The van der Waals surface area contributed by atoms with Gasteiger partial charge in [0.2, 0.25) is 0 Å². The third-order valence-electron chi connectivity index (χ3n) is 3.50. The van der Waals surface area contributed by atoms with E-state index in [1.54, 1.807) is 6.07 Å². The van der Waals surface area contributed by atoms with Crippen LogP contribution in [0, 0.1) is 0 Å². The summed E-state index contributed by atoms with van der Waals surface area (Å²) in [4.78, 5) is 12.0. The summed E-state index contributed by atoms with van der Waals surface area (Å²) in [6.45, 7) is 3.80. The van der Waals surface area contributed by atoms with E-state index in [-0.39, 0.29) is 6.03 Å². The Kier molecular flexibility index (Phi) is 4.22. The molecule has 7 heteroatoms. The number of nitrogens with zero attached hydrogens (tertiary/aromatic N) is 3. The number of anilines is 1. The number of aromatic nitrogens is 3. The van der Waals surface area contributed by atoms with E-state index >= 15 is 0 Å². The first-order valence-electron chi connectivity index (χ1n) is 7.45. The van der Waals surface area contributed by atoms with Gasteiger partial charge in [-0.25, -0.2) is 4.79 Å². The zero-order valence-corrected chi connectivity index (χ0v) is 12.5. The summed E-state index contributed by atoms with van der Waals surface area (Å²) in [6.07, 6.45) is 2.05. The highest BCUT2D eigenvalue weighted by atomic mass is 16.5. The second-order valence-electron chi connectivity index (χ2n) is 5.06. The SMILES string of the molecule is CCOc1cccc(NC(=O)NCc2nnc3n2CCC3)c1. The maximum atomic E-state index is 12.0. The molecule has 7 nitrogen and oxygen atoms in total. The highest BCUT2D eigenvalue weighted by molar-refractivity contribution is 5.89. The molecule has 0 fully saturated rings. The van der Waals surface area contributed by atoms with Crippen molar-refractivity contribution in [2.24, 2.45) is 0 Å². The normalized spacial score (nSPS) is 12.8. The average Bonchev–Trinajstić information content (AvgIpc) is 3.09. The third kappa shape index (κ3) is 3.19. The number of carbonyl (C=O) groups is 1. The Labute approximate surface area is 128 Å². The quantitative estimate of drug-likeness (QED) is 0.884. The molecule has 2 amide bonds. The fourth-order valence-corrected chi connectivity index (χ4v) is 2.51. The molecule has 1 aliphatic heterocycles. The fraction of sp³-hybridized carbons (Fsp3) is 0.400. The van der Waals surface area contributed by atoms with Gasteiger partial charge in [-0.3, -0.25) is 0 Å². The Hall–Kier alpha value is -2.57. The summed E-state index contributed by atoms with van der Waals surface area (Å²) < 4.78 is 7.47. The lowest BCUT2D eigenvalue weighted by Gasteiger charge is -2.09. The van der Waals surface area contributed by atoms with E-state index in [1.165, 1.54) is 0 Å². The molecule has 116 valence electrons. The monoisotopic (exact) mass is 301 g/mol. The largest absolute Gasteiger partial charge is 0.494 e. The van der Waals surface area contributed by atoms with Crippen molar-refractivity contribution in [1.82, 2.24) is 20.1 Å². The minimum atomic E-state index is -0.274. The topological polar surface area (TPSA) is 81.1 Å². The summed E-state index contributed by atoms with van der Waals surface area (Å²) in [5.41, 5.74) is 0.690. The van der Waals surface area contributed by atoms with Crippen molar-refractivity contribution in [3.8, 4) is 5.75 Å². The molecule has 3 rings (SSSR count). The number of carbonyl (C=O) groups excluding carboxylic acids is 1. The molecule has 0 saturated carbocycles. The molecule has 0 spiro atoms. The lowest BCUT2D eigenvalue weighted by Crippen LogP contribution is -2.29. The Morgan fingerprint density at radius 3 is 3.18 bits per heavy atom. The Bertz CT molecular complexity index is 668. The highest BCUT2D eigenvalue weighted by Crippen LogP contribution is 2.17. The van der Waals surface area contributed by atoms with E-state index in [0.717, 1.165) is 36.8 Å². The average molecular weight is 301 g/mol. The second-order valence-corrected chi connectivity index (χ2v) is 5.06. The summed E-state index contributed by atoms with van der Waals surface area (Å²) in [5, 5.41) is 13.8. The van der Waals surface area contributed by atoms with Gasteiger partial charge in [0.25, 0.3) is 0 Å². The lowest BCUT2D eigenvalue weighted by atomic mass is 10.3. The number of fused-ring (bicyclic) bond motifs is 1. The number of hydrogen-bond acceptors (Lipinski definition) is 4. The van der Waals surface area contributed by atoms with Crippen molar-refractivity contribution in [2.75, 3.05) is 11.9 Å². The molecular weight excluding hydrogens is 282 g/mol. The minimum absolute atomic E-state index is 0.274. The molecule has 2 N–H and O–H groups in total. The Morgan fingerprint density at radius 1 is 1.41 bits per heavy atom. The van der Waals surface area contributed by atoms with Crippen LogP contribution in [0.5, 0.6) is 5.75 Å². The van der Waals surface area contributed by atoms with Gasteiger partial charge in [-0.2, -0.15) is 0 Å². The smallest absolute Gasteiger partial charge is 0.319 e. The first-order chi connectivity index (χ1) is 10.8. The fourth-order valence-electron chi connectivity index (χ4n) is 2.51. The molecule has 1 aromatic heterocycles. The number of rotatable bonds is 5. The number of amides is 2. The van der Waals surface area contributed by atoms with Crippen molar-refractivity contribution < 1.29 is 9.53 Å². The minimum Gasteiger partial charge on any atom is -0.494 e. The van der Waals surface area contributed by atoms with E-state index in [0.29, 0.717) is 18.8 Å². The number of hydrogen-bond donors (Lipinski definition) is 2. The lowest BCUT2D eigenvalue weighted by molar-refractivity contribution is 0.251. The molecule has 0 saturated heterocycles. The Balaban J connectivity index is 1.55. The zero-order chi connectivity index (χ0) is 15.4. The van der Waals surface area contributed by atoms with Gasteiger partial charge in [0.1, 0.15) is 11.6 Å². The van der Waals surface area contributed by atoms with Gasteiger partial charge in [0, 0.05) is 24.7 Å². The standard InChI is InChI=1S/C15H19N5O2/c1-2-22-12-6-3-5-11(9-12)17-15(21)16-10-14-19-18-13-7-4-8-20(13)14/h3,5-6,9H,2,4,7-8,10H2,1H3,(H2,16,17,21). The van der Waals surface area contributed by atoms with Gasteiger partial charge >= 0.3 is 6.03 Å². The number of ether oxygens (including phenoxy) is 1. The van der Waals surface area contributed by atoms with Crippen molar-refractivity contribution in [2.45, 2.75) is 32.9 Å². The number of nitrogens with one attached hydrogen (secondary N) is 2. The van der Waals surface area contributed by atoms with E-state index in [4.69, 9.17) is 4.74 Å². The predicted molar refractivity (Wildman–Crippen MR) is 81.8 cm³/mol. The molecular formula is C15H19N5O2. The van der Waals surface area contributed by atoms with Crippen LogP contribution in [0.15, 0.2) is 24.3 Å². The maximum absolute atomic E-state index is 12.0. The molecule has 0 radical (unpaired) electrons. The van der Waals surface area contributed by atoms with E-state index in [9.17, 15) is 4.79 Å². The number of benzene rings is 1. The summed E-state index contributed by atoms with van der Waals surface area (Å²) in [7, 11) is 0. The molecule has 0 unspecified atom stereocenters. The maximum Gasteiger partial charge on any atom is 0.319 e. The van der Waals surface area contributed by atoms with Gasteiger partial charge in [-0.1, -0.05) is 6.07 Å². The van der Waals surface area contributed by atoms with Crippen LogP contribution in [0.3, 0.4) is 0 Å². The van der Waals surface area contributed by atoms with Crippen molar-refractivity contribution in [3.63, 3.8) is 0 Å². The highest BCUT2D eigenvalue weighted by Gasteiger charge is 2.17. The first kappa shape index (κ1) is 14.4. The molecule has 2 aromatic rings. The van der Waals surface area contributed by atoms with Gasteiger partial charge in [0.05, 0.1) is 13.2 Å². The van der Waals surface area contributed by atoms with Crippen molar-refractivity contribution in [1.29, 1.82) is 0 Å². The van der Waals surface area contributed by atoms with E-state index in [1.807, 2.05) is 25.1 Å². The Morgan fingerprint density at radius 2 is 2.32 bits per heavy atom.